The first-order valence-electron chi connectivity index (χ1n) is 7.84. The van der Waals surface area contributed by atoms with Gasteiger partial charge in [-0.05, 0) is 12.1 Å². The van der Waals surface area contributed by atoms with Gasteiger partial charge in [-0.1, -0.05) is 53.2 Å². The van der Waals surface area contributed by atoms with Crippen LogP contribution in [0.25, 0.3) is 0 Å². The number of benzene rings is 2. The Kier molecular flexibility index (Phi) is 6.60. The van der Waals surface area contributed by atoms with Crippen molar-refractivity contribution in [1.29, 1.82) is 0 Å². The van der Waals surface area contributed by atoms with Gasteiger partial charge in [-0.3, -0.25) is 4.79 Å². The van der Waals surface area contributed by atoms with Gasteiger partial charge in [-0.15, -0.1) is 5.10 Å². The summed E-state index contributed by atoms with van der Waals surface area (Å²) in [6, 6.07) is 10.8. The molecule has 0 spiro atoms. The smallest absolute Gasteiger partial charge is 0.236 e. The molecule has 1 heterocycles. The molecule has 1 aliphatic heterocycles. The van der Waals surface area contributed by atoms with Crippen LogP contribution in [0.2, 0.25) is 10.0 Å². The molecule has 9 heteroatoms. The summed E-state index contributed by atoms with van der Waals surface area (Å²) in [5.74, 6) is 1.25. The molecule has 1 saturated heterocycles. The van der Waals surface area contributed by atoms with E-state index in [4.69, 9.17) is 32.7 Å². The Hall–Kier alpha value is -2.22. The number of methoxy groups -OCH3 is 1. The highest BCUT2D eigenvalue weighted by Gasteiger charge is 2.16. The third-order valence-corrected chi connectivity index (χ3v) is 5.12. The number of nitrogens with one attached hydrogen (secondary N) is 1. The van der Waals surface area contributed by atoms with Crippen molar-refractivity contribution in [3.8, 4) is 11.5 Å². The van der Waals surface area contributed by atoms with Crippen molar-refractivity contribution in [3.05, 3.63) is 57.6 Å². The number of hydrogen-bond donors (Lipinski definition) is 1. The molecule has 1 N–H and O–H groups in total. The summed E-state index contributed by atoms with van der Waals surface area (Å²) in [5, 5.41) is 12.0. The van der Waals surface area contributed by atoms with Crippen LogP contribution in [-0.4, -0.2) is 30.2 Å². The number of carbonyl (C=O) groups excluding carboxylic acids is 1. The van der Waals surface area contributed by atoms with E-state index in [0.29, 0.717) is 38.0 Å². The predicted octanol–water partition coefficient (Wildman–Crippen LogP) is 4.13. The molecular formula is C18H15Cl2N3O3S. The summed E-state index contributed by atoms with van der Waals surface area (Å²) in [6.07, 6.45) is 1.49. The molecule has 0 aromatic heterocycles. The zero-order valence-corrected chi connectivity index (χ0v) is 16.6. The first-order chi connectivity index (χ1) is 13.1. The van der Waals surface area contributed by atoms with E-state index >= 15 is 0 Å². The predicted molar refractivity (Wildman–Crippen MR) is 109 cm³/mol. The molecule has 0 atom stereocenters. The number of rotatable bonds is 6. The first kappa shape index (κ1) is 19.5. The van der Waals surface area contributed by atoms with E-state index in [1.54, 1.807) is 18.2 Å². The van der Waals surface area contributed by atoms with Crippen molar-refractivity contribution in [2.75, 3.05) is 12.9 Å². The van der Waals surface area contributed by atoms with E-state index in [1.807, 2.05) is 18.2 Å². The highest BCUT2D eigenvalue weighted by Crippen LogP contribution is 2.33. The van der Waals surface area contributed by atoms with Crippen LogP contribution in [-0.2, 0) is 11.4 Å². The first-order valence-corrected chi connectivity index (χ1v) is 9.58. The van der Waals surface area contributed by atoms with Gasteiger partial charge in [0.25, 0.3) is 0 Å². The van der Waals surface area contributed by atoms with Crippen LogP contribution in [0, 0.1) is 0 Å². The SMILES string of the molecule is COc1cc(C=NN=C2NC(=O)CS2)c(Cl)cc1OCc1ccccc1Cl. The molecular weight excluding hydrogens is 409 g/mol. The third-order valence-electron chi connectivity index (χ3n) is 3.56. The molecule has 1 amide bonds. The van der Waals surface area contributed by atoms with Gasteiger partial charge in [-0.2, -0.15) is 5.10 Å². The lowest BCUT2D eigenvalue weighted by molar-refractivity contribution is -0.116. The van der Waals surface area contributed by atoms with E-state index in [2.05, 4.69) is 15.5 Å². The molecule has 1 aliphatic rings. The van der Waals surface area contributed by atoms with E-state index in [1.165, 1.54) is 25.1 Å². The van der Waals surface area contributed by atoms with Crippen LogP contribution in [0.5, 0.6) is 11.5 Å². The maximum Gasteiger partial charge on any atom is 0.236 e. The van der Waals surface area contributed by atoms with Gasteiger partial charge >= 0.3 is 0 Å². The van der Waals surface area contributed by atoms with Crippen LogP contribution < -0.4 is 14.8 Å². The summed E-state index contributed by atoms with van der Waals surface area (Å²) in [7, 11) is 1.54. The zero-order chi connectivity index (χ0) is 19.2. The average molecular weight is 424 g/mol. The van der Waals surface area contributed by atoms with Crippen molar-refractivity contribution < 1.29 is 14.3 Å². The lowest BCUT2D eigenvalue weighted by Crippen LogP contribution is -2.19. The number of hydrogen-bond acceptors (Lipinski definition) is 6. The van der Waals surface area contributed by atoms with E-state index in [-0.39, 0.29) is 12.5 Å². The van der Waals surface area contributed by atoms with Crippen LogP contribution in [0.4, 0.5) is 0 Å². The Morgan fingerprint density at radius 3 is 2.74 bits per heavy atom. The number of halogens is 2. The Labute approximate surface area is 170 Å². The van der Waals surface area contributed by atoms with Crippen molar-refractivity contribution in [3.63, 3.8) is 0 Å². The summed E-state index contributed by atoms with van der Waals surface area (Å²) < 4.78 is 11.2. The summed E-state index contributed by atoms with van der Waals surface area (Å²) in [6.45, 7) is 0.282. The summed E-state index contributed by atoms with van der Waals surface area (Å²) in [4.78, 5) is 11.1. The molecule has 1 fully saturated rings. The van der Waals surface area contributed by atoms with Crippen LogP contribution in [0.1, 0.15) is 11.1 Å². The van der Waals surface area contributed by atoms with Crippen molar-refractivity contribution >= 4 is 52.3 Å². The van der Waals surface area contributed by atoms with Gasteiger partial charge in [0.15, 0.2) is 16.7 Å². The van der Waals surface area contributed by atoms with Gasteiger partial charge in [0.05, 0.1) is 24.1 Å². The fourth-order valence-corrected chi connectivity index (χ4v) is 3.24. The molecule has 27 heavy (non-hydrogen) atoms. The Morgan fingerprint density at radius 2 is 2.04 bits per heavy atom. The summed E-state index contributed by atoms with van der Waals surface area (Å²) in [5.41, 5.74) is 1.47. The number of thioether (sulfide) groups is 1. The normalized spacial score (nSPS) is 15.4. The maximum absolute atomic E-state index is 11.1. The molecule has 0 radical (unpaired) electrons. The number of amidine groups is 1. The van der Waals surface area contributed by atoms with Crippen molar-refractivity contribution in [1.82, 2.24) is 5.32 Å². The second-order valence-electron chi connectivity index (χ2n) is 5.39. The molecule has 3 rings (SSSR count). The maximum atomic E-state index is 11.1. The fraction of sp³-hybridized carbons (Fsp3) is 0.167. The van der Waals surface area contributed by atoms with Crippen LogP contribution in [0.15, 0.2) is 46.6 Å². The minimum Gasteiger partial charge on any atom is -0.493 e. The van der Waals surface area contributed by atoms with Crippen molar-refractivity contribution in [2.45, 2.75) is 6.61 Å². The largest absolute Gasteiger partial charge is 0.493 e. The van der Waals surface area contributed by atoms with Gasteiger partial charge in [0, 0.05) is 22.2 Å². The van der Waals surface area contributed by atoms with Crippen LogP contribution >= 0.6 is 35.0 Å². The minimum absolute atomic E-state index is 0.0892. The molecule has 2 aromatic carbocycles. The number of amides is 1. The minimum atomic E-state index is -0.0892. The molecule has 0 bridgehead atoms. The second-order valence-corrected chi connectivity index (χ2v) is 7.17. The number of nitrogens with zero attached hydrogens (tertiary/aromatic N) is 2. The number of ether oxygens (including phenoxy) is 2. The standard InChI is InChI=1S/C18H15Cl2N3O3S/c1-25-15-6-12(8-21-23-18-22-17(24)10-27-18)14(20)7-16(15)26-9-11-4-2-3-5-13(11)19/h2-8H,9-10H2,1H3,(H,22,23,24). The highest BCUT2D eigenvalue weighted by atomic mass is 35.5. The molecule has 2 aromatic rings. The molecule has 0 saturated carbocycles. The van der Waals surface area contributed by atoms with Gasteiger partial charge in [-0.25, -0.2) is 0 Å². The lowest BCUT2D eigenvalue weighted by Gasteiger charge is -2.13. The topological polar surface area (TPSA) is 72.3 Å². The third kappa shape index (κ3) is 5.15. The molecule has 0 unspecified atom stereocenters. The monoisotopic (exact) mass is 423 g/mol. The van der Waals surface area contributed by atoms with Crippen molar-refractivity contribution in [2.24, 2.45) is 10.2 Å². The van der Waals surface area contributed by atoms with Crippen LogP contribution in [0.3, 0.4) is 0 Å². The Balaban J connectivity index is 1.74. The second kappa shape index (κ2) is 9.12. The highest BCUT2D eigenvalue weighted by molar-refractivity contribution is 8.15. The van der Waals surface area contributed by atoms with Gasteiger partial charge < -0.3 is 14.8 Å². The average Bonchev–Trinajstić information content (AvgIpc) is 3.07. The van der Waals surface area contributed by atoms with E-state index < -0.39 is 0 Å². The summed E-state index contributed by atoms with van der Waals surface area (Å²) >= 11 is 13.8. The quantitative estimate of drug-likeness (QED) is 0.559. The lowest BCUT2D eigenvalue weighted by atomic mass is 10.2. The van der Waals surface area contributed by atoms with E-state index in [9.17, 15) is 4.79 Å². The molecule has 140 valence electrons. The molecule has 6 nitrogen and oxygen atoms in total. The van der Waals surface area contributed by atoms with Gasteiger partial charge in [0.1, 0.15) is 6.61 Å². The van der Waals surface area contributed by atoms with Gasteiger partial charge in [0.2, 0.25) is 5.91 Å². The number of carbonyl (C=O) groups is 1. The van der Waals surface area contributed by atoms with E-state index in [0.717, 1.165) is 5.56 Å². The fourth-order valence-electron chi connectivity index (χ4n) is 2.22. The Bertz CT molecular complexity index is 919. The zero-order valence-electron chi connectivity index (χ0n) is 14.2. The molecule has 0 aliphatic carbocycles. The Morgan fingerprint density at radius 1 is 1.22 bits per heavy atom.